The van der Waals surface area contributed by atoms with Gasteiger partial charge in [0, 0.05) is 12.1 Å². The number of halogens is 2. The van der Waals surface area contributed by atoms with Crippen LogP contribution in [0.1, 0.15) is 25.8 Å². The Bertz CT molecular complexity index is 553. The fraction of sp³-hybridized carbons (Fsp3) is 0.455. The largest absolute Gasteiger partial charge is 0.382 e. The predicted molar refractivity (Wildman–Crippen MR) is 61.2 cm³/mol. The standard InChI is InChI=1S/C11H13F2NO2S/c1-11(2)6-14-9-7(10(12)13)4-3-5-8(9)17(11,15)16/h3-5,10,14H,6H2,1-2H3. The van der Waals surface area contributed by atoms with E-state index in [-0.39, 0.29) is 22.7 Å². The van der Waals surface area contributed by atoms with Gasteiger partial charge in [-0.3, -0.25) is 0 Å². The first-order valence-electron chi connectivity index (χ1n) is 5.17. The number of hydrogen-bond donors (Lipinski definition) is 1. The van der Waals surface area contributed by atoms with Gasteiger partial charge in [-0.15, -0.1) is 0 Å². The molecule has 2 rings (SSSR count). The smallest absolute Gasteiger partial charge is 0.265 e. The second kappa shape index (κ2) is 3.66. The molecule has 0 bridgehead atoms. The van der Waals surface area contributed by atoms with Crippen molar-refractivity contribution >= 4 is 15.5 Å². The zero-order valence-corrected chi connectivity index (χ0v) is 10.3. The molecule has 0 saturated carbocycles. The normalized spacial score (nSPS) is 20.8. The van der Waals surface area contributed by atoms with Gasteiger partial charge in [0.15, 0.2) is 9.84 Å². The molecular weight excluding hydrogens is 248 g/mol. The Morgan fingerprint density at radius 1 is 1.35 bits per heavy atom. The van der Waals surface area contributed by atoms with E-state index in [1.165, 1.54) is 18.2 Å². The van der Waals surface area contributed by atoms with Gasteiger partial charge in [-0.25, -0.2) is 17.2 Å². The van der Waals surface area contributed by atoms with Crippen molar-refractivity contribution in [1.29, 1.82) is 0 Å². The SMILES string of the molecule is CC1(C)CNc2c(C(F)F)cccc2S1(=O)=O. The van der Waals surface area contributed by atoms with Crippen LogP contribution in [0.25, 0.3) is 0 Å². The molecule has 0 aromatic heterocycles. The van der Waals surface area contributed by atoms with Gasteiger partial charge in [0.2, 0.25) is 0 Å². The van der Waals surface area contributed by atoms with Gasteiger partial charge < -0.3 is 5.32 Å². The van der Waals surface area contributed by atoms with Crippen molar-refractivity contribution in [2.75, 3.05) is 11.9 Å². The van der Waals surface area contributed by atoms with Crippen LogP contribution in [0.15, 0.2) is 23.1 Å². The molecule has 0 saturated heterocycles. The quantitative estimate of drug-likeness (QED) is 0.845. The van der Waals surface area contributed by atoms with Crippen molar-refractivity contribution in [2.45, 2.75) is 29.9 Å². The van der Waals surface area contributed by atoms with E-state index < -0.39 is 21.0 Å². The summed E-state index contributed by atoms with van der Waals surface area (Å²) in [6.45, 7) is 3.28. The number of hydrogen-bond acceptors (Lipinski definition) is 3. The topological polar surface area (TPSA) is 46.2 Å². The Kier molecular flexibility index (Phi) is 2.65. The molecule has 0 fully saturated rings. The second-order valence-electron chi connectivity index (χ2n) is 4.64. The molecule has 1 aliphatic heterocycles. The first-order valence-corrected chi connectivity index (χ1v) is 6.65. The summed E-state index contributed by atoms with van der Waals surface area (Å²) in [5.41, 5.74) is -0.219. The molecule has 1 heterocycles. The van der Waals surface area contributed by atoms with E-state index in [1.807, 2.05) is 0 Å². The zero-order valence-electron chi connectivity index (χ0n) is 9.50. The number of nitrogens with one attached hydrogen (secondary N) is 1. The van der Waals surface area contributed by atoms with Gasteiger partial charge in [-0.2, -0.15) is 0 Å². The maximum absolute atomic E-state index is 12.8. The fourth-order valence-corrected chi connectivity index (χ4v) is 3.41. The molecule has 3 nitrogen and oxygen atoms in total. The molecule has 0 radical (unpaired) electrons. The van der Waals surface area contributed by atoms with Crippen LogP contribution < -0.4 is 5.32 Å². The third-order valence-electron chi connectivity index (χ3n) is 3.00. The number of fused-ring (bicyclic) bond motifs is 1. The van der Waals surface area contributed by atoms with Crippen LogP contribution in [0.4, 0.5) is 14.5 Å². The lowest BCUT2D eigenvalue weighted by molar-refractivity contribution is 0.152. The van der Waals surface area contributed by atoms with Crippen molar-refractivity contribution in [2.24, 2.45) is 0 Å². The molecule has 1 aliphatic rings. The van der Waals surface area contributed by atoms with Crippen LogP contribution in [-0.4, -0.2) is 19.7 Å². The molecule has 0 atom stereocenters. The maximum atomic E-state index is 12.8. The lowest BCUT2D eigenvalue weighted by Gasteiger charge is -2.33. The van der Waals surface area contributed by atoms with E-state index in [4.69, 9.17) is 0 Å². The number of alkyl halides is 2. The Balaban J connectivity index is 2.71. The lowest BCUT2D eigenvalue weighted by Crippen LogP contribution is -2.43. The van der Waals surface area contributed by atoms with Crippen LogP contribution >= 0.6 is 0 Å². The van der Waals surface area contributed by atoms with E-state index in [0.29, 0.717) is 0 Å². The fourth-order valence-electron chi connectivity index (χ4n) is 1.84. The van der Waals surface area contributed by atoms with Gasteiger partial charge >= 0.3 is 0 Å². The van der Waals surface area contributed by atoms with Crippen molar-refractivity contribution in [3.8, 4) is 0 Å². The van der Waals surface area contributed by atoms with Gasteiger partial charge in [-0.05, 0) is 19.9 Å². The third kappa shape index (κ3) is 1.71. The molecule has 1 aromatic rings. The average Bonchev–Trinajstić information content (AvgIpc) is 2.23. The van der Waals surface area contributed by atoms with E-state index in [9.17, 15) is 17.2 Å². The summed E-state index contributed by atoms with van der Waals surface area (Å²) in [7, 11) is -3.57. The molecule has 1 aromatic carbocycles. The number of anilines is 1. The molecule has 0 amide bonds. The highest BCUT2D eigenvalue weighted by molar-refractivity contribution is 7.93. The molecule has 0 spiro atoms. The van der Waals surface area contributed by atoms with Gasteiger partial charge in [0.1, 0.15) is 0 Å². The Labute approximate surface area is 98.8 Å². The summed E-state index contributed by atoms with van der Waals surface area (Å²) < 4.78 is 49.0. The molecule has 1 N–H and O–H groups in total. The van der Waals surface area contributed by atoms with Crippen LogP contribution in [0.2, 0.25) is 0 Å². The minimum absolute atomic E-state index is 0.0356. The summed E-state index contributed by atoms with van der Waals surface area (Å²) in [5.74, 6) is 0. The Hall–Kier alpha value is -1.17. The highest BCUT2D eigenvalue weighted by Gasteiger charge is 2.41. The van der Waals surface area contributed by atoms with Crippen molar-refractivity contribution in [3.63, 3.8) is 0 Å². The first kappa shape index (κ1) is 12.3. The number of benzene rings is 1. The predicted octanol–water partition coefficient (Wildman–Crippen LogP) is 2.60. The Morgan fingerprint density at radius 3 is 2.59 bits per heavy atom. The maximum Gasteiger partial charge on any atom is 0.265 e. The van der Waals surface area contributed by atoms with E-state index in [0.717, 1.165) is 0 Å². The average molecular weight is 261 g/mol. The van der Waals surface area contributed by atoms with Crippen LogP contribution in [0.5, 0.6) is 0 Å². The summed E-state index contributed by atoms with van der Waals surface area (Å²) in [4.78, 5) is -0.0356. The highest BCUT2D eigenvalue weighted by atomic mass is 32.2. The van der Waals surface area contributed by atoms with E-state index in [2.05, 4.69) is 5.32 Å². The summed E-state index contributed by atoms with van der Waals surface area (Å²) in [6, 6.07) is 3.95. The van der Waals surface area contributed by atoms with Crippen molar-refractivity contribution < 1.29 is 17.2 Å². The number of rotatable bonds is 1. The first-order chi connectivity index (χ1) is 7.77. The van der Waals surface area contributed by atoms with Crippen LogP contribution in [-0.2, 0) is 9.84 Å². The van der Waals surface area contributed by atoms with Crippen LogP contribution in [0.3, 0.4) is 0 Å². The molecule has 17 heavy (non-hydrogen) atoms. The van der Waals surface area contributed by atoms with Gasteiger partial charge in [0.25, 0.3) is 6.43 Å². The summed E-state index contributed by atoms with van der Waals surface area (Å²) >= 11 is 0. The lowest BCUT2D eigenvalue weighted by atomic mass is 10.1. The monoisotopic (exact) mass is 261 g/mol. The number of sulfone groups is 1. The Morgan fingerprint density at radius 2 is 2.00 bits per heavy atom. The van der Waals surface area contributed by atoms with E-state index in [1.54, 1.807) is 13.8 Å². The molecule has 94 valence electrons. The zero-order chi connectivity index (χ0) is 12.8. The molecule has 6 heteroatoms. The third-order valence-corrected chi connectivity index (χ3v) is 5.52. The van der Waals surface area contributed by atoms with Gasteiger partial charge in [0.05, 0.1) is 15.3 Å². The summed E-state index contributed by atoms with van der Waals surface area (Å²) in [5, 5.41) is 2.80. The molecule has 0 unspecified atom stereocenters. The molecular formula is C11H13F2NO2S. The highest BCUT2D eigenvalue weighted by Crippen LogP contribution is 2.40. The minimum atomic E-state index is -3.57. The minimum Gasteiger partial charge on any atom is -0.382 e. The van der Waals surface area contributed by atoms with Gasteiger partial charge in [-0.1, -0.05) is 12.1 Å². The van der Waals surface area contributed by atoms with Crippen LogP contribution in [0, 0.1) is 0 Å². The molecule has 0 aliphatic carbocycles. The number of para-hydroxylation sites is 1. The van der Waals surface area contributed by atoms with Crippen molar-refractivity contribution in [1.82, 2.24) is 0 Å². The second-order valence-corrected chi connectivity index (χ2v) is 7.19. The van der Waals surface area contributed by atoms with Crippen molar-refractivity contribution in [3.05, 3.63) is 23.8 Å². The van der Waals surface area contributed by atoms with E-state index >= 15 is 0 Å². The summed E-state index contributed by atoms with van der Waals surface area (Å²) in [6.07, 6.45) is -2.69.